The molecule has 0 radical (unpaired) electrons. The summed E-state index contributed by atoms with van der Waals surface area (Å²) in [5, 5.41) is 6.51. The molecule has 2 heterocycles. The normalized spacial score (nSPS) is 13.6. The Morgan fingerprint density at radius 3 is 2.47 bits per heavy atom. The van der Waals surface area contributed by atoms with E-state index in [1.54, 1.807) is 26.5 Å². The molecule has 0 unspecified atom stereocenters. The van der Waals surface area contributed by atoms with E-state index in [1.807, 2.05) is 30.3 Å². The van der Waals surface area contributed by atoms with Crippen molar-refractivity contribution in [1.29, 1.82) is 0 Å². The van der Waals surface area contributed by atoms with Crippen molar-refractivity contribution in [3.63, 3.8) is 0 Å². The number of benzene rings is 2. The van der Waals surface area contributed by atoms with E-state index in [0.29, 0.717) is 17.5 Å². The van der Waals surface area contributed by atoms with Gasteiger partial charge in [0.15, 0.2) is 0 Å². The molecule has 1 saturated heterocycles. The van der Waals surface area contributed by atoms with Gasteiger partial charge in [-0.05, 0) is 42.5 Å². The Morgan fingerprint density at radius 1 is 0.933 bits per heavy atom. The monoisotopic (exact) mass is 407 g/mol. The first-order valence-corrected chi connectivity index (χ1v) is 9.77. The molecule has 1 fully saturated rings. The highest BCUT2D eigenvalue weighted by Gasteiger charge is 2.11. The number of rotatable bonds is 7. The minimum absolute atomic E-state index is 0.506. The lowest BCUT2D eigenvalue weighted by Crippen LogP contribution is -2.36. The number of hydrogen-bond donors (Lipinski definition) is 2. The Labute approximate surface area is 175 Å². The van der Waals surface area contributed by atoms with Gasteiger partial charge in [0.25, 0.3) is 0 Å². The van der Waals surface area contributed by atoms with Crippen LogP contribution in [0.25, 0.3) is 0 Å². The fourth-order valence-electron chi connectivity index (χ4n) is 3.23. The zero-order valence-corrected chi connectivity index (χ0v) is 17.1. The number of nitrogens with zero attached hydrogens (tertiary/aromatic N) is 3. The van der Waals surface area contributed by atoms with Crippen LogP contribution in [0.15, 0.2) is 54.7 Å². The highest BCUT2D eigenvalue weighted by atomic mass is 16.5. The Hall–Kier alpha value is -3.52. The number of anilines is 5. The SMILES string of the molecule is COc1ccc(Nc2ccnc(Nc3ccc(N4CCOCC4)cc3)n2)c(OC)c1. The largest absolute Gasteiger partial charge is 0.497 e. The van der Waals surface area contributed by atoms with Crippen LogP contribution in [0.2, 0.25) is 0 Å². The third-order valence-electron chi connectivity index (χ3n) is 4.83. The van der Waals surface area contributed by atoms with Crippen LogP contribution < -0.4 is 25.0 Å². The van der Waals surface area contributed by atoms with Crippen molar-refractivity contribution >= 4 is 28.8 Å². The molecule has 0 aliphatic carbocycles. The van der Waals surface area contributed by atoms with Crippen molar-refractivity contribution in [3.8, 4) is 11.5 Å². The lowest BCUT2D eigenvalue weighted by Gasteiger charge is -2.28. The van der Waals surface area contributed by atoms with Gasteiger partial charge in [-0.2, -0.15) is 4.98 Å². The second-order valence-electron chi connectivity index (χ2n) is 6.73. The molecule has 0 spiro atoms. The molecule has 0 bridgehead atoms. The smallest absolute Gasteiger partial charge is 0.229 e. The van der Waals surface area contributed by atoms with Gasteiger partial charge in [0.05, 0.1) is 33.1 Å². The van der Waals surface area contributed by atoms with Crippen LogP contribution in [0.1, 0.15) is 0 Å². The van der Waals surface area contributed by atoms with Crippen LogP contribution >= 0.6 is 0 Å². The minimum Gasteiger partial charge on any atom is -0.497 e. The molecule has 8 nitrogen and oxygen atoms in total. The third kappa shape index (κ3) is 4.72. The van der Waals surface area contributed by atoms with Crippen LogP contribution in [0, 0.1) is 0 Å². The molecule has 0 amide bonds. The van der Waals surface area contributed by atoms with E-state index >= 15 is 0 Å². The van der Waals surface area contributed by atoms with Crippen LogP contribution in [0.4, 0.5) is 28.8 Å². The van der Waals surface area contributed by atoms with Gasteiger partial charge >= 0.3 is 0 Å². The highest BCUT2D eigenvalue weighted by Crippen LogP contribution is 2.31. The highest BCUT2D eigenvalue weighted by molar-refractivity contribution is 5.67. The van der Waals surface area contributed by atoms with Crippen LogP contribution in [0.5, 0.6) is 11.5 Å². The number of methoxy groups -OCH3 is 2. The quantitative estimate of drug-likeness (QED) is 0.612. The fraction of sp³-hybridized carbons (Fsp3) is 0.273. The zero-order chi connectivity index (χ0) is 20.8. The van der Waals surface area contributed by atoms with E-state index in [1.165, 1.54) is 5.69 Å². The molecular formula is C22H25N5O3. The molecule has 1 aromatic heterocycles. The summed E-state index contributed by atoms with van der Waals surface area (Å²) in [4.78, 5) is 11.2. The van der Waals surface area contributed by atoms with Crippen molar-refractivity contribution in [2.45, 2.75) is 0 Å². The van der Waals surface area contributed by atoms with Crippen LogP contribution in [0.3, 0.4) is 0 Å². The van der Waals surface area contributed by atoms with Gasteiger partial charge in [-0.15, -0.1) is 0 Å². The van der Waals surface area contributed by atoms with Crippen molar-refractivity contribution in [2.75, 3.05) is 56.1 Å². The molecular weight excluding hydrogens is 382 g/mol. The Bertz CT molecular complexity index is 975. The van der Waals surface area contributed by atoms with Crippen molar-refractivity contribution < 1.29 is 14.2 Å². The van der Waals surface area contributed by atoms with Crippen LogP contribution in [-0.2, 0) is 4.74 Å². The Kier molecular flexibility index (Phi) is 6.14. The maximum Gasteiger partial charge on any atom is 0.229 e. The van der Waals surface area contributed by atoms with Gasteiger partial charge in [-0.1, -0.05) is 0 Å². The molecule has 4 rings (SSSR count). The topological polar surface area (TPSA) is 80.8 Å². The lowest BCUT2D eigenvalue weighted by atomic mass is 10.2. The van der Waals surface area contributed by atoms with Gasteiger partial charge in [0, 0.05) is 36.7 Å². The summed E-state index contributed by atoms with van der Waals surface area (Å²) in [5.74, 6) is 2.55. The molecule has 3 aromatic rings. The first-order chi connectivity index (χ1) is 14.7. The van der Waals surface area contributed by atoms with Crippen molar-refractivity contribution in [2.24, 2.45) is 0 Å². The fourth-order valence-corrected chi connectivity index (χ4v) is 3.23. The number of hydrogen-bond acceptors (Lipinski definition) is 8. The van der Waals surface area contributed by atoms with Crippen molar-refractivity contribution in [1.82, 2.24) is 9.97 Å². The lowest BCUT2D eigenvalue weighted by molar-refractivity contribution is 0.122. The van der Waals surface area contributed by atoms with Crippen LogP contribution in [-0.4, -0.2) is 50.5 Å². The molecule has 0 saturated carbocycles. The maximum atomic E-state index is 5.43. The molecule has 2 aromatic carbocycles. The predicted molar refractivity (Wildman–Crippen MR) is 118 cm³/mol. The average Bonchev–Trinajstić information content (AvgIpc) is 2.81. The molecule has 30 heavy (non-hydrogen) atoms. The maximum absolute atomic E-state index is 5.43. The standard InChI is InChI=1S/C22H25N5O3/c1-28-18-7-8-19(20(15-18)29-2)25-21-9-10-23-22(26-21)24-16-3-5-17(6-4-16)27-11-13-30-14-12-27/h3-10,15H,11-14H2,1-2H3,(H2,23,24,25,26). The molecule has 2 N–H and O–H groups in total. The summed E-state index contributed by atoms with van der Waals surface area (Å²) in [7, 11) is 3.24. The summed E-state index contributed by atoms with van der Waals surface area (Å²) < 4.78 is 16.1. The molecule has 8 heteroatoms. The second-order valence-corrected chi connectivity index (χ2v) is 6.73. The predicted octanol–water partition coefficient (Wildman–Crippen LogP) is 3.82. The van der Waals surface area contributed by atoms with E-state index in [0.717, 1.165) is 43.4 Å². The van der Waals surface area contributed by atoms with E-state index in [2.05, 4.69) is 37.6 Å². The summed E-state index contributed by atoms with van der Waals surface area (Å²) in [5.41, 5.74) is 2.90. The summed E-state index contributed by atoms with van der Waals surface area (Å²) in [6.45, 7) is 3.37. The summed E-state index contributed by atoms with van der Waals surface area (Å²) in [6, 6.07) is 15.6. The summed E-state index contributed by atoms with van der Waals surface area (Å²) >= 11 is 0. The van der Waals surface area contributed by atoms with E-state index in [4.69, 9.17) is 14.2 Å². The number of nitrogens with one attached hydrogen (secondary N) is 2. The third-order valence-corrected chi connectivity index (χ3v) is 4.83. The van der Waals surface area contributed by atoms with Crippen molar-refractivity contribution in [3.05, 3.63) is 54.7 Å². The average molecular weight is 407 g/mol. The number of aromatic nitrogens is 2. The first-order valence-electron chi connectivity index (χ1n) is 9.77. The molecule has 156 valence electrons. The molecule has 1 aliphatic rings. The second kappa shape index (κ2) is 9.32. The summed E-state index contributed by atoms with van der Waals surface area (Å²) in [6.07, 6.45) is 1.70. The first kappa shape index (κ1) is 19.8. The number of ether oxygens (including phenoxy) is 3. The Balaban J connectivity index is 1.45. The van der Waals surface area contributed by atoms with Gasteiger partial charge < -0.3 is 29.7 Å². The van der Waals surface area contributed by atoms with Gasteiger partial charge in [-0.25, -0.2) is 4.98 Å². The molecule has 1 aliphatic heterocycles. The van der Waals surface area contributed by atoms with E-state index < -0.39 is 0 Å². The minimum atomic E-state index is 0.506. The van der Waals surface area contributed by atoms with E-state index in [-0.39, 0.29) is 0 Å². The molecule has 0 atom stereocenters. The number of morpholine rings is 1. The Morgan fingerprint density at radius 2 is 1.73 bits per heavy atom. The van der Waals surface area contributed by atoms with E-state index in [9.17, 15) is 0 Å². The van der Waals surface area contributed by atoms with Gasteiger partial charge in [-0.3, -0.25) is 0 Å². The van der Waals surface area contributed by atoms with Gasteiger partial charge in [0.2, 0.25) is 5.95 Å². The zero-order valence-electron chi connectivity index (χ0n) is 17.1. The van der Waals surface area contributed by atoms with Gasteiger partial charge in [0.1, 0.15) is 17.3 Å².